The third-order valence-corrected chi connectivity index (χ3v) is 7.61. The Bertz CT molecular complexity index is 1160. The molecule has 3 heterocycles. The number of nitrogens with one attached hydrogen (secondary N) is 2. The Morgan fingerprint density at radius 3 is 2.81 bits per heavy atom. The molecule has 3 fully saturated rings. The Labute approximate surface area is 184 Å². The lowest BCUT2D eigenvalue weighted by Crippen LogP contribution is -2.54. The molecule has 32 heavy (non-hydrogen) atoms. The summed E-state index contributed by atoms with van der Waals surface area (Å²) in [5.41, 5.74) is -1.40. The topological polar surface area (TPSA) is 135 Å². The van der Waals surface area contributed by atoms with Crippen LogP contribution < -0.4 is 10.6 Å². The highest BCUT2D eigenvalue weighted by Gasteiger charge is 2.92. The zero-order valence-electron chi connectivity index (χ0n) is 17.6. The van der Waals surface area contributed by atoms with Crippen LogP contribution in [0.15, 0.2) is 39.5 Å². The maximum atomic E-state index is 12.4. The van der Waals surface area contributed by atoms with E-state index in [2.05, 4.69) is 37.4 Å². The molecule has 4 unspecified atom stereocenters. The first-order valence-corrected chi connectivity index (χ1v) is 10.6. The average Bonchev–Trinajstić information content (AvgIpc) is 3.63. The van der Waals surface area contributed by atoms with Crippen molar-refractivity contribution in [2.24, 2.45) is 32.2 Å². The van der Waals surface area contributed by atoms with Crippen molar-refractivity contribution in [2.75, 3.05) is 14.1 Å². The molecule has 0 saturated heterocycles. The minimum atomic E-state index is -1.34. The normalized spacial score (nSPS) is 43.3. The maximum absolute atomic E-state index is 12.4. The summed E-state index contributed by atoms with van der Waals surface area (Å²) in [7, 11) is 3.24. The number of hydrogen-bond donors (Lipinski definition) is 4. The number of carbonyl (C=O) groups excluding carboxylic acids is 1. The molecule has 2 aliphatic heterocycles. The number of nitrogens with zero attached hydrogens (tertiary/aromatic N) is 5. The van der Waals surface area contributed by atoms with E-state index in [1.165, 1.54) is 0 Å². The molecular weight excluding hydrogens is 410 g/mol. The molecule has 10 heteroatoms. The monoisotopic (exact) mass is 433 g/mol. The zero-order valence-corrected chi connectivity index (χ0v) is 17.6. The molecule has 3 aliphatic carbocycles. The number of aliphatic hydroxyl groups excluding tert-OH is 1. The number of amidine groups is 2. The van der Waals surface area contributed by atoms with Crippen LogP contribution in [0.2, 0.25) is 0 Å². The molecule has 164 valence electrons. The fourth-order valence-corrected chi connectivity index (χ4v) is 6.03. The third kappa shape index (κ3) is 2.29. The van der Waals surface area contributed by atoms with Crippen molar-refractivity contribution < 1.29 is 15.0 Å². The van der Waals surface area contributed by atoms with Crippen LogP contribution in [-0.2, 0) is 4.79 Å². The summed E-state index contributed by atoms with van der Waals surface area (Å²) in [5, 5.41) is 28.1. The highest BCUT2D eigenvalue weighted by molar-refractivity contribution is 6.13. The van der Waals surface area contributed by atoms with Gasteiger partial charge in [0.05, 0.1) is 23.9 Å². The first-order chi connectivity index (χ1) is 15.5. The van der Waals surface area contributed by atoms with Crippen molar-refractivity contribution in [1.82, 2.24) is 20.5 Å². The Balaban J connectivity index is 1.29. The van der Waals surface area contributed by atoms with Crippen molar-refractivity contribution in [3.8, 4) is 11.8 Å². The van der Waals surface area contributed by atoms with E-state index >= 15 is 0 Å². The van der Waals surface area contributed by atoms with Crippen molar-refractivity contribution in [2.45, 2.75) is 36.4 Å². The van der Waals surface area contributed by atoms with Gasteiger partial charge in [-0.2, -0.15) is 0 Å². The van der Waals surface area contributed by atoms with E-state index < -0.39 is 23.3 Å². The SMILES string of the molecule is CN=C1NC(C#Cc2ccncc2)=NC2C1N=CN2[C@@H]1[C@@H]2C3CC3(C(=O)NC)[C@@H](O)[C@@]21O. The van der Waals surface area contributed by atoms with Gasteiger partial charge in [-0.1, -0.05) is 5.92 Å². The summed E-state index contributed by atoms with van der Waals surface area (Å²) >= 11 is 0. The van der Waals surface area contributed by atoms with E-state index in [0.717, 1.165) is 5.56 Å². The van der Waals surface area contributed by atoms with E-state index in [9.17, 15) is 15.0 Å². The highest BCUT2D eigenvalue weighted by Crippen LogP contribution is 2.79. The summed E-state index contributed by atoms with van der Waals surface area (Å²) in [6.07, 6.45) is 4.09. The van der Waals surface area contributed by atoms with Crippen LogP contribution in [0.4, 0.5) is 0 Å². The number of aliphatic hydroxyl groups is 2. The van der Waals surface area contributed by atoms with Crippen LogP contribution in [0.3, 0.4) is 0 Å². The molecule has 1 amide bonds. The molecular formula is C22H23N7O3. The lowest BCUT2D eigenvalue weighted by atomic mass is 9.93. The Kier molecular flexibility index (Phi) is 3.86. The minimum absolute atomic E-state index is 0.0455. The van der Waals surface area contributed by atoms with Crippen molar-refractivity contribution in [3.63, 3.8) is 0 Å². The third-order valence-electron chi connectivity index (χ3n) is 7.61. The van der Waals surface area contributed by atoms with Gasteiger partial charge in [0.1, 0.15) is 17.5 Å². The average molecular weight is 433 g/mol. The number of carbonyl (C=O) groups is 1. The predicted octanol–water partition coefficient (Wildman–Crippen LogP) is -1.64. The van der Waals surface area contributed by atoms with Gasteiger partial charge in [-0.15, -0.1) is 0 Å². The van der Waals surface area contributed by atoms with Gasteiger partial charge >= 0.3 is 0 Å². The van der Waals surface area contributed by atoms with E-state index in [1.807, 2.05) is 17.0 Å². The smallest absolute Gasteiger partial charge is 0.229 e. The fourth-order valence-electron chi connectivity index (χ4n) is 6.03. The van der Waals surface area contributed by atoms with Crippen LogP contribution in [-0.4, -0.2) is 88.1 Å². The Morgan fingerprint density at radius 1 is 1.38 bits per heavy atom. The number of fused-ring (bicyclic) bond motifs is 4. The number of pyridine rings is 1. The second kappa shape index (κ2) is 6.37. The van der Waals surface area contributed by atoms with Crippen LogP contribution in [0.1, 0.15) is 12.0 Å². The van der Waals surface area contributed by atoms with E-state index in [4.69, 9.17) is 4.99 Å². The van der Waals surface area contributed by atoms with Gasteiger partial charge in [-0.05, 0) is 30.4 Å². The van der Waals surface area contributed by atoms with Gasteiger partial charge in [0, 0.05) is 38.0 Å². The molecule has 0 aromatic carbocycles. The number of rotatable bonds is 2. The lowest BCUT2D eigenvalue weighted by molar-refractivity contribution is -0.135. The number of hydrogen-bond acceptors (Lipinski definition) is 8. The molecule has 1 aromatic rings. The molecule has 4 N–H and O–H groups in total. The maximum Gasteiger partial charge on any atom is 0.229 e. The predicted molar refractivity (Wildman–Crippen MR) is 116 cm³/mol. The molecule has 1 aromatic heterocycles. The number of aliphatic imine (C=N–C) groups is 3. The number of aromatic nitrogens is 1. The molecule has 8 atom stereocenters. The summed E-state index contributed by atoms with van der Waals surface area (Å²) in [5.74, 6) is 6.77. The van der Waals surface area contributed by atoms with Gasteiger partial charge in [-0.25, -0.2) is 4.99 Å². The van der Waals surface area contributed by atoms with Crippen LogP contribution >= 0.6 is 0 Å². The standard InChI is InChI=1S/C22H23N7O3/c1-23-17-15-18(28-13(27-17)4-3-11-5-7-25-8-6-11)29(10-26-15)16-14-12-9-21(12,20(31)24-2)19(30)22(14,16)32/h5-8,10,12,14-16,18-19,30,32H,9H2,1-2H3,(H,24,31)(H,23,27,28)/t12?,14-,15?,16+,18?,19+,21?,22+/m0/s1. The number of amides is 1. The summed E-state index contributed by atoms with van der Waals surface area (Å²) in [4.78, 5) is 31.9. The Morgan fingerprint density at radius 2 is 2.16 bits per heavy atom. The van der Waals surface area contributed by atoms with Crippen molar-refractivity contribution in [1.29, 1.82) is 0 Å². The highest BCUT2D eigenvalue weighted by atomic mass is 16.4. The lowest BCUT2D eigenvalue weighted by Gasteiger charge is -2.33. The zero-order chi connectivity index (χ0) is 22.3. The van der Waals surface area contributed by atoms with E-state index in [-0.39, 0.29) is 29.8 Å². The largest absolute Gasteiger partial charge is 0.389 e. The summed E-state index contributed by atoms with van der Waals surface area (Å²) in [6.45, 7) is 0. The fraction of sp³-hybridized carbons (Fsp3) is 0.500. The Hall–Kier alpha value is -3.29. The summed E-state index contributed by atoms with van der Waals surface area (Å²) < 4.78 is 0. The van der Waals surface area contributed by atoms with Crippen LogP contribution in [0.25, 0.3) is 0 Å². The molecule has 5 aliphatic rings. The molecule has 0 radical (unpaired) electrons. The van der Waals surface area contributed by atoms with Crippen LogP contribution in [0.5, 0.6) is 0 Å². The van der Waals surface area contributed by atoms with E-state index in [1.54, 1.807) is 32.8 Å². The molecule has 10 nitrogen and oxygen atoms in total. The van der Waals surface area contributed by atoms with Crippen LogP contribution in [0, 0.1) is 29.1 Å². The van der Waals surface area contributed by atoms with E-state index in [0.29, 0.717) is 18.1 Å². The van der Waals surface area contributed by atoms with Gasteiger partial charge in [-0.3, -0.25) is 19.8 Å². The quantitative estimate of drug-likeness (QED) is 0.413. The van der Waals surface area contributed by atoms with Crippen molar-refractivity contribution >= 4 is 23.9 Å². The van der Waals surface area contributed by atoms with Crippen molar-refractivity contribution in [3.05, 3.63) is 30.1 Å². The van der Waals surface area contributed by atoms with Gasteiger partial charge in [0.2, 0.25) is 5.91 Å². The second-order valence-corrected chi connectivity index (χ2v) is 8.96. The van der Waals surface area contributed by atoms with Gasteiger partial charge in [0.15, 0.2) is 12.0 Å². The van der Waals surface area contributed by atoms with Gasteiger partial charge in [0.25, 0.3) is 0 Å². The minimum Gasteiger partial charge on any atom is -0.389 e. The molecule has 6 rings (SSSR count). The molecule has 3 saturated carbocycles. The first kappa shape index (κ1) is 19.4. The second-order valence-electron chi connectivity index (χ2n) is 8.96. The molecule has 0 spiro atoms. The summed E-state index contributed by atoms with van der Waals surface area (Å²) in [6, 6.07) is 2.94. The first-order valence-electron chi connectivity index (χ1n) is 10.6. The van der Waals surface area contributed by atoms with Gasteiger partial charge < -0.3 is 25.7 Å². The molecule has 0 bridgehead atoms.